The molecular formula is C15H22N4OS. The average molecular weight is 306 g/mol. The van der Waals surface area contributed by atoms with E-state index in [1.165, 1.54) is 12.8 Å². The number of hydrogen-bond acceptors (Lipinski definition) is 5. The molecule has 2 saturated heterocycles. The van der Waals surface area contributed by atoms with Gasteiger partial charge < -0.3 is 9.64 Å². The van der Waals surface area contributed by atoms with Crippen molar-refractivity contribution in [1.82, 2.24) is 14.6 Å². The van der Waals surface area contributed by atoms with Gasteiger partial charge in [-0.05, 0) is 12.8 Å². The number of fused-ring (bicyclic) bond motifs is 1. The van der Waals surface area contributed by atoms with Gasteiger partial charge in [0.1, 0.15) is 0 Å². The van der Waals surface area contributed by atoms with Crippen LogP contribution in [0.5, 0.6) is 0 Å². The van der Waals surface area contributed by atoms with Gasteiger partial charge in [0.05, 0.1) is 18.5 Å². The lowest BCUT2D eigenvalue weighted by atomic mass is 9.87. The highest BCUT2D eigenvalue weighted by Gasteiger charge is 2.42. The number of imidazole rings is 1. The molecule has 0 aliphatic carbocycles. The molecule has 5 nitrogen and oxygen atoms in total. The van der Waals surface area contributed by atoms with Gasteiger partial charge in [-0.1, -0.05) is 32.1 Å². The Balaban J connectivity index is 1.59. The molecule has 0 radical (unpaired) electrons. The SMILES string of the molecule is CC(C)(C)c1cn2nc(N3CC[C@]4(CCOC4)C3)sc2n1. The summed E-state index contributed by atoms with van der Waals surface area (Å²) in [5, 5.41) is 5.84. The number of rotatable bonds is 1. The molecule has 2 aromatic rings. The molecule has 2 aliphatic heterocycles. The van der Waals surface area contributed by atoms with E-state index in [0.717, 1.165) is 42.1 Å². The van der Waals surface area contributed by atoms with E-state index in [1.54, 1.807) is 11.3 Å². The van der Waals surface area contributed by atoms with E-state index in [1.807, 2.05) is 4.52 Å². The van der Waals surface area contributed by atoms with Crippen molar-refractivity contribution in [3.63, 3.8) is 0 Å². The van der Waals surface area contributed by atoms with Crippen LogP contribution in [-0.4, -0.2) is 40.9 Å². The first-order chi connectivity index (χ1) is 9.95. The Labute approximate surface area is 128 Å². The summed E-state index contributed by atoms with van der Waals surface area (Å²) in [7, 11) is 0. The molecule has 2 aliphatic rings. The van der Waals surface area contributed by atoms with Crippen LogP contribution in [0.2, 0.25) is 0 Å². The monoisotopic (exact) mass is 306 g/mol. The molecule has 1 atom stereocenters. The smallest absolute Gasteiger partial charge is 0.214 e. The summed E-state index contributed by atoms with van der Waals surface area (Å²) >= 11 is 1.70. The average Bonchev–Trinajstić information content (AvgIpc) is 3.13. The second kappa shape index (κ2) is 4.43. The first kappa shape index (κ1) is 13.5. The molecule has 0 amide bonds. The van der Waals surface area contributed by atoms with Crippen molar-refractivity contribution in [2.75, 3.05) is 31.2 Å². The van der Waals surface area contributed by atoms with Crippen molar-refractivity contribution >= 4 is 21.4 Å². The molecule has 2 fully saturated rings. The van der Waals surface area contributed by atoms with E-state index < -0.39 is 0 Å². The van der Waals surface area contributed by atoms with Crippen LogP contribution in [-0.2, 0) is 10.2 Å². The Morgan fingerprint density at radius 1 is 1.33 bits per heavy atom. The Morgan fingerprint density at radius 3 is 2.86 bits per heavy atom. The Bertz CT molecular complexity index is 631. The van der Waals surface area contributed by atoms with Crippen LogP contribution >= 0.6 is 11.3 Å². The van der Waals surface area contributed by atoms with Gasteiger partial charge in [-0.3, -0.25) is 0 Å². The highest BCUT2D eigenvalue weighted by molar-refractivity contribution is 7.20. The fourth-order valence-corrected chi connectivity index (χ4v) is 4.16. The second-order valence-corrected chi connectivity index (χ2v) is 8.40. The van der Waals surface area contributed by atoms with E-state index in [9.17, 15) is 0 Å². The minimum absolute atomic E-state index is 0.0759. The zero-order valence-corrected chi connectivity index (χ0v) is 13.7. The lowest BCUT2D eigenvalue weighted by Gasteiger charge is -2.21. The molecule has 6 heteroatoms. The highest BCUT2D eigenvalue weighted by atomic mass is 32.1. The number of nitrogens with zero attached hydrogens (tertiary/aromatic N) is 4. The largest absolute Gasteiger partial charge is 0.381 e. The van der Waals surface area contributed by atoms with Gasteiger partial charge in [0.15, 0.2) is 0 Å². The first-order valence-corrected chi connectivity index (χ1v) is 8.46. The molecule has 0 N–H and O–H groups in total. The predicted octanol–water partition coefficient (Wildman–Crippen LogP) is 2.71. The van der Waals surface area contributed by atoms with Gasteiger partial charge in [0.2, 0.25) is 10.1 Å². The maximum Gasteiger partial charge on any atom is 0.214 e. The molecule has 4 rings (SSSR count). The van der Waals surface area contributed by atoms with Crippen molar-refractivity contribution in [2.45, 2.75) is 39.0 Å². The number of aromatic nitrogens is 3. The first-order valence-electron chi connectivity index (χ1n) is 7.65. The highest BCUT2D eigenvalue weighted by Crippen LogP contribution is 2.41. The van der Waals surface area contributed by atoms with Crippen LogP contribution in [0.1, 0.15) is 39.3 Å². The van der Waals surface area contributed by atoms with Crippen molar-refractivity contribution < 1.29 is 4.74 Å². The van der Waals surface area contributed by atoms with E-state index in [-0.39, 0.29) is 5.41 Å². The summed E-state index contributed by atoms with van der Waals surface area (Å²) < 4.78 is 7.54. The van der Waals surface area contributed by atoms with Crippen LogP contribution in [0.15, 0.2) is 6.20 Å². The third-order valence-corrected chi connectivity index (χ3v) is 5.68. The second-order valence-electron chi connectivity index (χ2n) is 7.46. The number of ether oxygens (including phenoxy) is 1. The topological polar surface area (TPSA) is 42.7 Å². The lowest BCUT2D eigenvalue weighted by molar-refractivity contribution is 0.160. The fraction of sp³-hybridized carbons (Fsp3) is 0.733. The van der Waals surface area contributed by atoms with Gasteiger partial charge >= 0.3 is 0 Å². The molecular weight excluding hydrogens is 284 g/mol. The maximum atomic E-state index is 5.60. The summed E-state index contributed by atoms with van der Waals surface area (Å²) in [5.41, 5.74) is 1.56. The predicted molar refractivity (Wildman–Crippen MR) is 84.3 cm³/mol. The minimum atomic E-state index is 0.0759. The minimum Gasteiger partial charge on any atom is -0.381 e. The van der Waals surface area contributed by atoms with Crippen molar-refractivity contribution in [3.8, 4) is 0 Å². The molecule has 0 bridgehead atoms. The van der Waals surface area contributed by atoms with Crippen molar-refractivity contribution in [3.05, 3.63) is 11.9 Å². The molecule has 114 valence electrons. The van der Waals surface area contributed by atoms with E-state index in [0.29, 0.717) is 5.41 Å². The Kier molecular flexibility index (Phi) is 2.85. The zero-order valence-electron chi connectivity index (χ0n) is 12.9. The Hall–Kier alpha value is -1.14. The standard InChI is InChI=1S/C15H22N4OS/c1-14(2,3)11-8-19-12(16-11)21-13(17-19)18-6-4-15(9-18)5-7-20-10-15/h8H,4-7,9-10H2,1-3H3/t15-/m0/s1. The van der Waals surface area contributed by atoms with Crippen LogP contribution in [0, 0.1) is 5.41 Å². The molecule has 0 unspecified atom stereocenters. The Morgan fingerprint density at radius 2 is 2.19 bits per heavy atom. The lowest BCUT2D eigenvalue weighted by Crippen LogP contribution is -2.27. The van der Waals surface area contributed by atoms with Crippen LogP contribution in [0.4, 0.5) is 5.13 Å². The third-order valence-electron chi connectivity index (χ3n) is 4.69. The van der Waals surface area contributed by atoms with Crippen LogP contribution in [0.3, 0.4) is 0 Å². The van der Waals surface area contributed by atoms with E-state index >= 15 is 0 Å². The molecule has 1 spiro atoms. The maximum absolute atomic E-state index is 5.60. The summed E-state index contributed by atoms with van der Waals surface area (Å²) in [6.45, 7) is 10.6. The van der Waals surface area contributed by atoms with E-state index in [2.05, 4.69) is 31.9 Å². The van der Waals surface area contributed by atoms with Gasteiger partial charge in [-0.15, -0.1) is 5.10 Å². The normalized spacial score (nSPS) is 26.5. The summed E-state index contributed by atoms with van der Waals surface area (Å²) in [4.78, 5) is 8.14. The van der Waals surface area contributed by atoms with Crippen molar-refractivity contribution in [1.29, 1.82) is 0 Å². The molecule has 0 saturated carbocycles. The van der Waals surface area contributed by atoms with Crippen molar-refractivity contribution in [2.24, 2.45) is 5.41 Å². The fourth-order valence-electron chi connectivity index (χ4n) is 3.25. The van der Waals surface area contributed by atoms with Gasteiger partial charge in [-0.2, -0.15) is 0 Å². The van der Waals surface area contributed by atoms with Gasteiger partial charge in [0.25, 0.3) is 0 Å². The van der Waals surface area contributed by atoms with E-state index in [4.69, 9.17) is 14.8 Å². The summed E-state index contributed by atoms with van der Waals surface area (Å²) in [6, 6.07) is 0. The molecule has 21 heavy (non-hydrogen) atoms. The molecule has 2 aromatic heterocycles. The summed E-state index contributed by atoms with van der Waals surface area (Å²) in [6.07, 6.45) is 4.49. The van der Waals surface area contributed by atoms with Crippen LogP contribution in [0.25, 0.3) is 4.96 Å². The number of anilines is 1. The summed E-state index contributed by atoms with van der Waals surface area (Å²) in [5.74, 6) is 0. The van der Waals surface area contributed by atoms with Gasteiger partial charge in [0, 0.05) is 30.5 Å². The quantitative estimate of drug-likeness (QED) is 0.812. The zero-order chi connectivity index (χ0) is 14.7. The third kappa shape index (κ3) is 2.25. The van der Waals surface area contributed by atoms with Gasteiger partial charge in [-0.25, -0.2) is 9.50 Å². The molecule has 4 heterocycles. The van der Waals surface area contributed by atoms with Crippen LogP contribution < -0.4 is 4.90 Å². The number of hydrogen-bond donors (Lipinski definition) is 0. The molecule has 0 aromatic carbocycles.